The van der Waals surface area contributed by atoms with E-state index in [0.717, 1.165) is 73.4 Å². The maximum atomic E-state index is 5.75. The zero-order chi connectivity index (χ0) is 92.8. The summed E-state index contributed by atoms with van der Waals surface area (Å²) in [4.78, 5) is 17.8. The summed E-state index contributed by atoms with van der Waals surface area (Å²) in [5.41, 5.74) is 25.7. The van der Waals surface area contributed by atoms with E-state index in [1.54, 1.807) is 6.20 Å². The molecule has 24 aromatic rings. The van der Waals surface area contributed by atoms with Crippen molar-refractivity contribution in [3.05, 3.63) is 490 Å². The number of fused-ring (bicyclic) bond motifs is 12. The standard InChI is InChI=1S/C44H32N2.C36H22N2S.C21H23N2.C12H10N.C9H7NO.Al.2Ir.H2NP.H/c1-3-17-37(18-4-1)45(43-23-11-15-35-13-7-9-21-41(35)43)39-29-25-33(26-30-39)34-27-31-40(32-28-34)46(38-19-5-2-6-20-38)44-24-12-16-36-14-8-10-22-42(36)44;1-5-13-31-25(9-1)26-10-2-6-14-32(26)37(31)23-17-19-35-29(21-23)30-22-24(18-20-36(30)39-35)38-33-15-7-3-11-27(33)28-12-4-8-16-34(28)38;1-15(2)18-11-8-12-19(16(3)4)20(18)23-14-13-22-21(23)17-9-6-5-7-10-17;1-10-6-5-9-13-12(10)11-7-3-2-4-8-11;11-8-5-1-3-7-4-2-6-10-9(7)8;;;;1-2;/h1-32H;1-22H;5-9,11-16H,1-4H3;2-7,9H,1H3;1-6,11H;;;;1-2H;/q;;2*-1;;+1;;;;/p-1/i/hD. The van der Waals surface area contributed by atoms with E-state index in [1.807, 2.05) is 103 Å². The van der Waals surface area contributed by atoms with Crippen LogP contribution in [0.2, 0.25) is 1.41 Å². The molecular formula is C122H96AlIr2N9OPS-2. The van der Waals surface area contributed by atoms with Gasteiger partial charge in [-0.05, 0) is 206 Å². The number of aromatic nitrogens is 6. The summed E-state index contributed by atoms with van der Waals surface area (Å²) < 4.78 is 20.6. The van der Waals surface area contributed by atoms with E-state index in [4.69, 9.17) is 5.20 Å². The molecule has 10 nitrogen and oxygen atoms in total. The molecule has 0 atom stereocenters. The van der Waals surface area contributed by atoms with Gasteiger partial charge in [0.1, 0.15) is 11.3 Å². The van der Waals surface area contributed by atoms with Gasteiger partial charge >= 0.3 is 16.6 Å². The second-order valence-electron chi connectivity index (χ2n) is 33.5. The van der Waals surface area contributed by atoms with E-state index < -0.39 is 0 Å². The van der Waals surface area contributed by atoms with Crippen molar-refractivity contribution in [2.45, 2.75) is 46.5 Å². The van der Waals surface area contributed by atoms with Crippen LogP contribution in [0.5, 0.6) is 5.75 Å². The van der Waals surface area contributed by atoms with Crippen LogP contribution in [-0.2, 0) is 40.2 Å². The first-order valence-electron chi connectivity index (χ1n) is 45.8. The Kier molecular flexibility index (Phi) is 29.7. The third kappa shape index (κ3) is 19.8. The summed E-state index contributed by atoms with van der Waals surface area (Å²) in [6.45, 7) is 11.0. The maximum Gasteiger partial charge on any atom is 0.494 e. The molecule has 0 aliphatic carbocycles. The van der Waals surface area contributed by atoms with Crippen LogP contribution in [-0.4, -0.2) is 45.3 Å². The van der Waals surface area contributed by atoms with Crippen molar-refractivity contribution in [2.24, 2.45) is 0 Å². The number of hydrogen-bond donors (Lipinski definition) is 1. The largest absolute Gasteiger partial charge is 0.649 e. The zero-order valence-electron chi connectivity index (χ0n) is 77.2. The fourth-order valence-electron chi connectivity index (χ4n) is 18.4. The Morgan fingerprint density at radius 3 is 1.21 bits per heavy atom. The van der Waals surface area contributed by atoms with Gasteiger partial charge in [0.15, 0.2) is 1.41 Å². The monoisotopic (exact) mass is 2180 g/mol. The summed E-state index contributed by atoms with van der Waals surface area (Å²) >= 11 is 3.34. The average molecular weight is 2180 g/mol. The van der Waals surface area contributed by atoms with E-state index in [0.29, 0.717) is 11.8 Å². The molecule has 0 aliphatic heterocycles. The number of pyridine rings is 2. The number of nitrogens with zero attached hydrogens (tertiary/aromatic N) is 8. The van der Waals surface area contributed by atoms with Gasteiger partial charge in [-0.25, -0.2) is 0 Å². The summed E-state index contributed by atoms with van der Waals surface area (Å²) in [5, 5.41) is 16.3. The zero-order valence-corrected chi connectivity index (χ0v) is 84.3. The second-order valence-corrected chi connectivity index (χ2v) is 34.9. The number of rotatable bonds is 15. The predicted molar refractivity (Wildman–Crippen MR) is 574 cm³/mol. The van der Waals surface area contributed by atoms with Crippen molar-refractivity contribution in [3.63, 3.8) is 0 Å². The molecular weight excluding hydrogens is 2080 g/mol. The molecule has 6 aromatic heterocycles. The molecule has 0 fully saturated rings. The van der Waals surface area contributed by atoms with Gasteiger partial charge in [0, 0.05) is 163 Å². The van der Waals surface area contributed by atoms with E-state index in [2.05, 4.69) is 464 Å². The Morgan fingerprint density at radius 1 is 0.372 bits per heavy atom. The molecule has 6 heterocycles. The van der Waals surface area contributed by atoms with E-state index in [9.17, 15) is 0 Å². The Balaban J connectivity index is 0.000000128. The van der Waals surface area contributed by atoms with Crippen molar-refractivity contribution in [1.29, 1.82) is 5.15 Å². The van der Waals surface area contributed by atoms with Gasteiger partial charge in [0.25, 0.3) is 0 Å². The Morgan fingerprint density at radius 2 is 0.759 bits per heavy atom. The van der Waals surface area contributed by atoms with Crippen LogP contribution in [0.15, 0.2) is 462 Å². The third-order valence-corrected chi connectivity index (χ3v) is 26.1. The van der Waals surface area contributed by atoms with Gasteiger partial charge < -0.3 is 32.3 Å². The summed E-state index contributed by atoms with van der Waals surface area (Å²) in [7, 11) is 2.48. The average Bonchev–Trinajstić information content (AvgIpc) is 1.57. The van der Waals surface area contributed by atoms with Gasteiger partial charge in [0.2, 0.25) is 0 Å². The quantitative estimate of drug-likeness (QED) is 0.0624. The molecule has 0 aliphatic rings. The van der Waals surface area contributed by atoms with Crippen LogP contribution in [0.4, 0.5) is 34.1 Å². The number of aryl methyl sites for hydroxylation is 1. The van der Waals surface area contributed by atoms with Gasteiger partial charge in [-0.2, -0.15) is 0 Å². The first-order chi connectivity index (χ1) is 67.0. The predicted octanol–water partition coefficient (Wildman–Crippen LogP) is 33.6. The molecule has 0 spiro atoms. The fourth-order valence-corrected chi connectivity index (χ4v) is 19.7. The summed E-state index contributed by atoms with van der Waals surface area (Å²) in [5.74, 6) is 2.70. The summed E-state index contributed by atoms with van der Waals surface area (Å²) in [6, 6.07) is 161. The Hall–Kier alpha value is -14.6. The maximum absolute atomic E-state index is 5.75. The number of hydrogen-bond acceptors (Lipinski definition) is 8. The minimum atomic E-state index is 0. The van der Waals surface area contributed by atoms with Crippen LogP contribution in [0, 0.1) is 24.2 Å². The van der Waals surface area contributed by atoms with Gasteiger partial charge in [-0.3, -0.25) is 15.1 Å². The minimum absolute atomic E-state index is 0. The molecule has 15 heteroatoms. The van der Waals surface area contributed by atoms with E-state index in [-0.39, 0.29) is 40.2 Å². The normalized spacial score (nSPS) is 11.0. The number of benzene rings is 18. The molecule has 0 unspecified atom stereocenters. The second kappa shape index (κ2) is 43.8. The fraction of sp³-hybridized carbons (Fsp3) is 0.0574. The van der Waals surface area contributed by atoms with Gasteiger partial charge in [0.05, 0.1) is 39.3 Å². The van der Waals surface area contributed by atoms with E-state index >= 15 is 0 Å². The molecule has 0 bridgehead atoms. The topological polar surface area (TPSA) is 93.0 Å². The van der Waals surface area contributed by atoms with Gasteiger partial charge in [-0.15, -0.1) is 83.1 Å². The van der Waals surface area contributed by atoms with Crippen LogP contribution >= 0.6 is 20.4 Å². The molecule has 18 aromatic carbocycles. The number of imidazole rings is 1. The third-order valence-electron chi connectivity index (χ3n) is 24.6. The van der Waals surface area contributed by atoms with Crippen LogP contribution < -0.4 is 13.6 Å². The van der Waals surface area contributed by atoms with Crippen LogP contribution in [0.1, 0.15) is 56.2 Å². The smallest absolute Gasteiger partial charge is 0.494 e. The van der Waals surface area contributed by atoms with E-state index in [1.165, 1.54) is 147 Å². The van der Waals surface area contributed by atoms with Crippen molar-refractivity contribution >= 4 is 167 Å². The number of thiophene rings is 1. The first-order valence-corrected chi connectivity index (χ1v) is 47.2. The molecule has 669 valence electrons. The van der Waals surface area contributed by atoms with Crippen molar-refractivity contribution in [2.75, 3.05) is 9.80 Å². The molecule has 0 saturated heterocycles. The first kappa shape index (κ1) is 92.8. The van der Waals surface area contributed by atoms with Crippen LogP contribution in [0.25, 0.3) is 147 Å². The number of nitrogens with one attached hydrogen (secondary N) is 1. The Labute approximate surface area is 842 Å². The van der Waals surface area contributed by atoms with Crippen LogP contribution in [0.3, 0.4) is 0 Å². The van der Waals surface area contributed by atoms with Crippen molar-refractivity contribution in [3.8, 4) is 56.6 Å². The minimum Gasteiger partial charge on any atom is -0.649 e. The summed E-state index contributed by atoms with van der Waals surface area (Å²) in [6.07, 6.45) is 7.51. The molecule has 3 radical (unpaired) electrons. The Bertz CT molecular complexity index is 7830. The number of anilines is 6. The molecule has 137 heavy (non-hydrogen) atoms. The van der Waals surface area contributed by atoms with Crippen molar-refractivity contribution < 1.29 is 45.4 Å². The van der Waals surface area contributed by atoms with Gasteiger partial charge in [-0.1, -0.05) is 282 Å². The molecule has 0 amide bonds. The SMILES string of the molecule is CC(C)c1cccc(C(C)C)c1-n1ccnc1-c1[c-]cccc1.Cc1cccnc1-c1[c-]cccc1.[2H]N=P.[AlH][O]c1cccc2cccnc12.[Ir].[Ir].c1ccc(N(c2ccc(-c3ccc(N(c4ccccc4)c4cccc5ccccc45)cc3)cc2)c2cccc3ccccc23)cc1.c1ccc2c(c1)c1ccccc1n2-c1ccc2sc3ccc(-n4c5ccccc5c5ccccc54)cc3c2c1. The molecule has 0 saturated carbocycles. The van der Waals surface area contributed by atoms with Crippen molar-refractivity contribution in [1.82, 2.24) is 28.7 Å². The number of para-hydroxylation sites is 8. The molecule has 24 rings (SSSR count). The molecule has 1 N–H and O–H groups in total.